The molecule has 0 spiro atoms. The molecule has 4 rings (SSSR count). The molecule has 1 N–H and O–H groups in total. The van der Waals surface area contributed by atoms with E-state index < -0.39 is 0 Å². The Morgan fingerprint density at radius 2 is 1.79 bits per heavy atom. The zero-order chi connectivity index (χ0) is 20.1. The molecule has 2 aromatic carbocycles. The van der Waals surface area contributed by atoms with E-state index in [1.165, 1.54) is 19.3 Å². The van der Waals surface area contributed by atoms with Crippen molar-refractivity contribution in [1.29, 1.82) is 0 Å². The lowest BCUT2D eigenvalue weighted by Gasteiger charge is -2.22. The van der Waals surface area contributed by atoms with E-state index in [-0.39, 0.29) is 5.91 Å². The molecule has 1 fully saturated rings. The summed E-state index contributed by atoms with van der Waals surface area (Å²) in [5, 5.41) is 3.15. The summed E-state index contributed by atoms with van der Waals surface area (Å²) >= 11 is 0. The third-order valence-corrected chi connectivity index (χ3v) is 5.35. The van der Waals surface area contributed by atoms with Crippen LogP contribution in [-0.4, -0.2) is 16.9 Å². The first-order chi connectivity index (χ1) is 14.2. The van der Waals surface area contributed by atoms with Gasteiger partial charge in [-0.25, -0.2) is 4.98 Å². The van der Waals surface area contributed by atoms with Crippen molar-refractivity contribution in [3.63, 3.8) is 0 Å². The number of nitrogens with one attached hydrogen (secondary N) is 1. The van der Waals surface area contributed by atoms with Crippen molar-refractivity contribution in [2.45, 2.75) is 51.7 Å². The minimum absolute atomic E-state index is 0.0102. The average Bonchev–Trinajstić information content (AvgIpc) is 3.14. The van der Waals surface area contributed by atoms with E-state index in [4.69, 9.17) is 9.15 Å². The molecule has 1 aromatic heterocycles. The molecular formula is C24H26N2O3. The first-order valence-electron chi connectivity index (χ1n) is 10.2. The number of ether oxygens (including phenoxy) is 1. The molecule has 1 saturated carbocycles. The van der Waals surface area contributed by atoms with Gasteiger partial charge in [-0.3, -0.25) is 4.79 Å². The smallest absolute Gasteiger partial charge is 0.251 e. The molecule has 1 amide bonds. The number of rotatable bonds is 6. The monoisotopic (exact) mass is 390 g/mol. The van der Waals surface area contributed by atoms with Crippen LogP contribution in [0.3, 0.4) is 0 Å². The van der Waals surface area contributed by atoms with Crippen molar-refractivity contribution in [2.75, 3.05) is 0 Å². The van der Waals surface area contributed by atoms with Crippen LogP contribution in [0.5, 0.6) is 5.75 Å². The first-order valence-corrected chi connectivity index (χ1v) is 10.2. The van der Waals surface area contributed by atoms with E-state index in [0.29, 0.717) is 24.1 Å². The molecule has 29 heavy (non-hydrogen) atoms. The van der Waals surface area contributed by atoms with Gasteiger partial charge >= 0.3 is 0 Å². The number of nitrogens with zero attached hydrogens (tertiary/aromatic N) is 1. The van der Waals surface area contributed by atoms with Crippen molar-refractivity contribution in [3.8, 4) is 17.2 Å². The van der Waals surface area contributed by atoms with Gasteiger partial charge < -0.3 is 14.5 Å². The summed E-state index contributed by atoms with van der Waals surface area (Å²) in [5.41, 5.74) is 2.27. The number of aromatic nitrogens is 1. The second-order valence-electron chi connectivity index (χ2n) is 7.51. The lowest BCUT2D eigenvalue weighted by atomic mass is 9.95. The molecule has 5 heteroatoms. The number of amides is 1. The van der Waals surface area contributed by atoms with Gasteiger partial charge in [-0.15, -0.1) is 0 Å². The summed E-state index contributed by atoms with van der Waals surface area (Å²) in [4.78, 5) is 17.0. The second-order valence-corrected chi connectivity index (χ2v) is 7.51. The zero-order valence-electron chi connectivity index (χ0n) is 16.7. The van der Waals surface area contributed by atoms with Gasteiger partial charge in [0.25, 0.3) is 5.91 Å². The topological polar surface area (TPSA) is 64.4 Å². The Morgan fingerprint density at radius 1 is 1.07 bits per heavy atom. The van der Waals surface area contributed by atoms with Gasteiger partial charge in [0.1, 0.15) is 23.8 Å². The number of benzene rings is 2. The summed E-state index contributed by atoms with van der Waals surface area (Å²) in [6, 6.07) is 17.3. The molecule has 3 aromatic rings. The highest BCUT2D eigenvalue weighted by Gasteiger charge is 2.17. The molecule has 1 aliphatic carbocycles. The number of hydrogen-bond acceptors (Lipinski definition) is 4. The molecule has 0 atom stereocenters. The molecule has 0 bridgehead atoms. The Bertz CT molecular complexity index is 942. The third kappa shape index (κ3) is 4.86. The highest BCUT2D eigenvalue weighted by molar-refractivity contribution is 5.94. The summed E-state index contributed by atoms with van der Waals surface area (Å²) in [6.45, 7) is 2.23. The van der Waals surface area contributed by atoms with E-state index in [1.807, 2.05) is 61.5 Å². The zero-order valence-corrected chi connectivity index (χ0v) is 16.7. The summed E-state index contributed by atoms with van der Waals surface area (Å²) in [5.74, 6) is 2.05. The van der Waals surface area contributed by atoms with E-state index in [0.717, 1.165) is 35.6 Å². The first kappa shape index (κ1) is 19.2. The maximum absolute atomic E-state index is 12.5. The summed E-state index contributed by atoms with van der Waals surface area (Å²) < 4.78 is 11.6. The quantitative estimate of drug-likeness (QED) is 0.621. The van der Waals surface area contributed by atoms with Gasteiger partial charge in [-0.1, -0.05) is 37.5 Å². The van der Waals surface area contributed by atoms with Crippen molar-refractivity contribution >= 4 is 5.91 Å². The highest BCUT2D eigenvalue weighted by atomic mass is 16.5. The molecule has 1 heterocycles. The molecule has 150 valence electrons. The normalized spacial score (nSPS) is 14.5. The van der Waals surface area contributed by atoms with Crippen LogP contribution in [0.15, 0.2) is 59.0 Å². The Kier molecular flexibility index (Phi) is 5.94. The average molecular weight is 390 g/mol. The van der Waals surface area contributed by atoms with Gasteiger partial charge in [0.15, 0.2) is 0 Å². The number of oxazole rings is 1. The fourth-order valence-corrected chi connectivity index (χ4v) is 3.63. The number of carbonyl (C=O) groups excluding carboxylic acids is 1. The van der Waals surface area contributed by atoms with Crippen molar-refractivity contribution in [2.24, 2.45) is 0 Å². The van der Waals surface area contributed by atoms with Crippen molar-refractivity contribution < 1.29 is 13.9 Å². The molecule has 1 aliphatic rings. The Hall–Kier alpha value is -3.08. The lowest BCUT2D eigenvalue weighted by molar-refractivity contribution is 0.0927. The molecule has 0 radical (unpaired) electrons. The fourth-order valence-electron chi connectivity index (χ4n) is 3.63. The van der Waals surface area contributed by atoms with Crippen LogP contribution in [-0.2, 0) is 6.61 Å². The van der Waals surface area contributed by atoms with Crippen molar-refractivity contribution in [1.82, 2.24) is 10.3 Å². The largest absolute Gasteiger partial charge is 0.487 e. The number of aryl methyl sites for hydroxylation is 1. The summed E-state index contributed by atoms with van der Waals surface area (Å²) in [6.07, 6.45) is 5.82. The SMILES string of the molecule is Cc1oc(-c2ccc(C(=O)NC3CCCCC3)cc2)nc1COc1ccccc1. The van der Waals surface area contributed by atoms with Crippen LogP contribution in [0.2, 0.25) is 0 Å². The van der Waals surface area contributed by atoms with E-state index in [9.17, 15) is 4.79 Å². The van der Waals surface area contributed by atoms with Crippen LogP contribution < -0.4 is 10.1 Å². The van der Waals surface area contributed by atoms with Gasteiger partial charge in [0.05, 0.1) is 0 Å². The lowest BCUT2D eigenvalue weighted by Crippen LogP contribution is -2.36. The second kappa shape index (κ2) is 8.95. The van der Waals surface area contributed by atoms with Crippen LogP contribution in [0.1, 0.15) is 53.9 Å². The number of carbonyl (C=O) groups is 1. The Balaban J connectivity index is 1.40. The predicted molar refractivity (Wildman–Crippen MR) is 112 cm³/mol. The minimum Gasteiger partial charge on any atom is -0.487 e. The minimum atomic E-state index is -0.0102. The van der Waals surface area contributed by atoms with Crippen molar-refractivity contribution in [3.05, 3.63) is 71.6 Å². The molecule has 0 saturated heterocycles. The fraction of sp³-hybridized carbons (Fsp3) is 0.333. The number of para-hydroxylation sites is 1. The predicted octanol–water partition coefficient (Wildman–Crippen LogP) is 5.29. The van der Waals surface area contributed by atoms with Crippen LogP contribution in [0.25, 0.3) is 11.5 Å². The maximum atomic E-state index is 12.5. The molecular weight excluding hydrogens is 364 g/mol. The van der Waals surface area contributed by atoms with Gasteiger partial charge in [-0.2, -0.15) is 0 Å². The van der Waals surface area contributed by atoms with E-state index >= 15 is 0 Å². The maximum Gasteiger partial charge on any atom is 0.251 e. The third-order valence-electron chi connectivity index (χ3n) is 5.35. The van der Waals surface area contributed by atoms with E-state index in [2.05, 4.69) is 10.3 Å². The Morgan fingerprint density at radius 3 is 2.52 bits per heavy atom. The summed E-state index contributed by atoms with van der Waals surface area (Å²) in [7, 11) is 0. The van der Waals surface area contributed by atoms with Gasteiger partial charge in [0, 0.05) is 17.2 Å². The van der Waals surface area contributed by atoms with E-state index in [1.54, 1.807) is 0 Å². The molecule has 5 nitrogen and oxygen atoms in total. The van der Waals surface area contributed by atoms with Crippen LogP contribution in [0.4, 0.5) is 0 Å². The van der Waals surface area contributed by atoms with Crippen LogP contribution >= 0.6 is 0 Å². The van der Waals surface area contributed by atoms with Crippen LogP contribution in [0, 0.1) is 6.92 Å². The highest BCUT2D eigenvalue weighted by Crippen LogP contribution is 2.24. The van der Waals surface area contributed by atoms with Gasteiger partial charge in [-0.05, 0) is 56.2 Å². The van der Waals surface area contributed by atoms with Gasteiger partial charge in [0.2, 0.25) is 5.89 Å². The number of hydrogen-bond donors (Lipinski definition) is 1. The standard InChI is InChI=1S/C24H26N2O3/c1-17-22(16-28-21-10-6-3-7-11-21)26-24(29-17)19-14-12-18(13-15-19)23(27)25-20-8-4-2-5-9-20/h3,6-7,10-15,20H,2,4-5,8-9,16H2,1H3,(H,25,27). The Labute approximate surface area is 171 Å². The molecule has 0 unspecified atom stereocenters. The molecule has 0 aliphatic heterocycles.